The molecule has 0 atom stereocenters. The van der Waals surface area contributed by atoms with Crippen molar-refractivity contribution in [3.63, 3.8) is 0 Å². The summed E-state index contributed by atoms with van der Waals surface area (Å²) in [7, 11) is 0. The zero-order valence-electron chi connectivity index (χ0n) is 16.1. The average Bonchev–Trinajstić information content (AvgIpc) is 2.93. The van der Waals surface area contributed by atoms with E-state index in [1.54, 1.807) is 11.8 Å². The monoisotopic (exact) mass is 387 g/mol. The Morgan fingerprint density at radius 2 is 2.00 bits per heavy atom. The van der Waals surface area contributed by atoms with Gasteiger partial charge in [-0.15, -0.1) is 11.8 Å². The number of aryl methyl sites for hydroxylation is 1. The van der Waals surface area contributed by atoms with Gasteiger partial charge >= 0.3 is 0 Å². The molecule has 1 amide bonds. The van der Waals surface area contributed by atoms with Crippen LogP contribution in [0, 0.1) is 6.92 Å². The smallest absolute Gasteiger partial charge is 0.252 e. The second-order valence-electron chi connectivity index (χ2n) is 7.08. The quantitative estimate of drug-likeness (QED) is 0.541. The molecule has 1 aromatic heterocycles. The van der Waals surface area contributed by atoms with Gasteiger partial charge in [0.15, 0.2) is 0 Å². The molecule has 1 aromatic carbocycles. The van der Waals surface area contributed by atoms with Crippen LogP contribution in [0.3, 0.4) is 0 Å². The highest BCUT2D eigenvalue weighted by Gasteiger charge is 2.13. The van der Waals surface area contributed by atoms with E-state index in [1.807, 2.05) is 37.3 Å². The molecule has 0 radical (unpaired) electrons. The number of aromatic nitrogens is 1. The van der Waals surface area contributed by atoms with Crippen LogP contribution in [0.25, 0.3) is 0 Å². The van der Waals surface area contributed by atoms with Gasteiger partial charge in [0.25, 0.3) is 5.91 Å². The van der Waals surface area contributed by atoms with Gasteiger partial charge in [-0.2, -0.15) is 0 Å². The van der Waals surface area contributed by atoms with E-state index in [4.69, 9.17) is 4.52 Å². The molecule has 2 heterocycles. The molecule has 0 bridgehead atoms. The van der Waals surface area contributed by atoms with Crippen LogP contribution in [0.15, 0.2) is 39.8 Å². The van der Waals surface area contributed by atoms with E-state index in [-0.39, 0.29) is 5.91 Å². The van der Waals surface area contributed by atoms with Gasteiger partial charge in [0.05, 0.1) is 17.0 Å². The van der Waals surface area contributed by atoms with E-state index in [0.717, 1.165) is 41.4 Å². The maximum Gasteiger partial charge on any atom is 0.252 e. The van der Waals surface area contributed by atoms with Crippen LogP contribution < -0.4 is 5.32 Å². The molecule has 1 fully saturated rings. The highest BCUT2D eigenvalue weighted by molar-refractivity contribution is 7.98. The van der Waals surface area contributed by atoms with E-state index >= 15 is 0 Å². The lowest BCUT2D eigenvalue weighted by Gasteiger charge is -2.19. The van der Waals surface area contributed by atoms with Crippen molar-refractivity contribution in [2.24, 2.45) is 0 Å². The summed E-state index contributed by atoms with van der Waals surface area (Å²) in [6.07, 6.45) is 6.33. The Balaban J connectivity index is 1.46. The first-order valence-electron chi connectivity index (χ1n) is 9.87. The minimum atomic E-state index is 0.00252. The SMILES string of the molecule is Cc1cc(CSc2ccccc2C(=O)NCCCN2CCCCCC2)on1. The number of nitrogens with one attached hydrogen (secondary N) is 1. The number of amides is 1. The van der Waals surface area contributed by atoms with Crippen molar-refractivity contribution in [3.05, 3.63) is 47.3 Å². The topological polar surface area (TPSA) is 58.4 Å². The van der Waals surface area contributed by atoms with Crippen LogP contribution in [-0.4, -0.2) is 42.1 Å². The number of nitrogens with zero attached hydrogens (tertiary/aromatic N) is 2. The second kappa shape index (κ2) is 10.5. The van der Waals surface area contributed by atoms with E-state index in [0.29, 0.717) is 5.75 Å². The molecule has 1 N–H and O–H groups in total. The number of carbonyl (C=O) groups excluding carboxylic acids is 1. The Morgan fingerprint density at radius 3 is 2.74 bits per heavy atom. The van der Waals surface area contributed by atoms with Gasteiger partial charge in [0.1, 0.15) is 5.76 Å². The normalized spacial score (nSPS) is 15.4. The fourth-order valence-electron chi connectivity index (χ4n) is 3.37. The average molecular weight is 388 g/mol. The molecule has 1 saturated heterocycles. The summed E-state index contributed by atoms with van der Waals surface area (Å²) >= 11 is 1.60. The number of hydrogen-bond donors (Lipinski definition) is 1. The van der Waals surface area contributed by atoms with Crippen molar-refractivity contribution in [1.82, 2.24) is 15.4 Å². The molecule has 2 aromatic rings. The van der Waals surface area contributed by atoms with Crippen molar-refractivity contribution in [1.29, 1.82) is 0 Å². The summed E-state index contributed by atoms with van der Waals surface area (Å²) in [5.41, 5.74) is 1.61. The fraction of sp³-hybridized carbons (Fsp3) is 0.524. The molecule has 146 valence electrons. The largest absolute Gasteiger partial charge is 0.360 e. The highest BCUT2D eigenvalue weighted by atomic mass is 32.2. The van der Waals surface area contributed by atoms with Gasteiger partial charge in [0.2, 0.25) is 0 Å². The van der Waals surface area contributed by atoms with Crippen LogP contribution in [-0.2, 0) is 5.75 Å². The Hall–Kier alpha value is -1.79. The molecule has 0 spiro atoms. The summed E-state index contributed by atoms with van der Waals surface area (Å²) in [5, 5.41) is 6.99. The summed E-state index contributed by atoms with van der Waals surface area (Å²) in [6, 6.07) is 9.68. The molecule has 0 saturated carbocycles. The Labute approximate surface area is 165 Å². The molecule has 5 nitrogen and oxygen atoms in total. The standard InChI is InChI=1S/C21H29N3O2S/c1-17-15-18(26-23-17)16-27-20-10-5-4-9-19(20)21(25)22-11-8-14-24-12-6-2-3-7-13-24/h4-5,9-10,15H,2-3,6-8,11-14,16H2,1H3,(H,22,25). The van der Waals surface area contributed by atoms with Crippen LogP contribution in [0.4, 0.5) is 0 Å². The Bertz CT molecular complexity index is 724. The maximum absolute atomic E-state index is 12.6. The third-order valence-corrected chi connectivity index (χ3v) is 5.91. The predicted molar refractivity (Wildman–Crippen MR) is 109 cm³/mol. The lowest BCUT2D eigenvalue weighted by molar-refractivity contribution is 0.0948. The molecule has 1 aliphatic rings. The Kier molecular flexibility index (Phi) is 7.78. The van der Waals surface area contributed by atoms with Gasteiger partial charge in [-0.3, -0.25) is 4.79 Å². The number of thioether (sulfide) groups is 1. The van der Waals surface area contributed by atoms with Crippen LogP contribution in [0.2, 0.25) is 0 Å². The van der Waals surface area contributed by atoms with Gasteiger partial charge in [0, 0.05) is 17.5 Å². The highest BCUT2D eigenvalue weighted by Crippen LogP contribution is 2.26. The number of hydrogen-bond acceptors (Lipinski definition) is 5. The summed E-state index contributed by atoms with van der Waals surface area (Å²) in [5.74, 6) is 1.49. The van der Waals surface area contributed by atoms with Crippen molar-refractivity contribution in [2.75, 3.05) is 26.2 Å². The van der Waals surface area contributed by atoms with Crippen molar-refractivity contribution >= 4 is 17.7 Å². The zero-order valence-corrected chi connectivity index (χ0v) is 16.9. The first-order chi connectivity index (χ1) is 13.2. The second-order valence-corrected chi connectivity index (χ2v) is 8.10. The van der Waals surface area contributed by atoms with Crippen molar-refractivity contribution in [3.8, 4) is 0 Å². The molecule has 1 aliphatic heterocycles. The number of benzene rings is 1. The van der Waals surface area contributed by atoms with Gasteiger partial charge in [-0.25, -0.2) is 0 Å². The number of likely N-dealkylation sites (tertiary alicyclic amines) is 1. The van der Waals surface area contributed by atoms with Gasteiger partial charge in [-0.05, 0) is 58.0 Å². The van der Waals surface area contributed by atoms with E-state index in [1.165, 1.54) is 38.8 Å². The maximum atomic E-state index is 12.6. The van der Waals surface area contributed by atoms with Gasteiger partial charge in [-0.1, -0.05) is 30.1 Å². The fourth-order valence-corrected chi connectivity index (χ4v) is 4.30. The van der Waals surface area contributed by atoms with Crippen LogP contribution >= 0.6 is 11.8 Å². The third kappa shape index (κ3) is 6.40. The zero-order chi connectivity index (χ0) is 18.9. The third-order valence-electron chi connectivity index (χ3n) is 4.81. The first-order valence-corrected chi connectivity index (χ1v) is 10.9. The van der Waals surface area contributed by atoms with Crippen LogP contribution in [0.5, 0.6) is 0 Å². The summed E-state index contributed by atoms with van der Waals surface area (Å²) in [6.45, 7) is 6.10. The Morgan fingerprint density at radius 1 is 1.22 bits per heavy atom. The lowest BCUT2D eigenvalue weighted by Crippen LogP contribution is -2.30. The summed E-state index contributed by atoms with van der Waals surface area (Å²) in [4.78, 5) is 16.1. The molecule has 6 heteroatoms. The molecular weight excluding hydrogens is 358 g/mol. The number of carbonyl (C=O) groups is 1. The van der Waals surface area contributed by atoms with Gasteiger partial charge < -0.3 is 14.7 Å². The lowest BCUT2D eigenvalue weighted by atomic mass is 10.2. The first kappa shape index (κ1) is 20.0. The minimum absolute atomic E-state index is 0.00252. The van der Waals surface area contributed by atoms with E-state index < -0.39 is 0 Å². The minimum Gasteiger partial charge on any atom is -0.360 e. The van der Waals surface area contributed by atoms with E-state index in [9.17, 15) is 4.79 Å². The van der Waals surface area contributed by atoms with Crippen molar-refractivity contribution in [2.45, 2.75) is 49.7 Å². The molecule has 3 rings (SSSR count). The molecular formula is C21H29N3O2S. The van der Waals surface area contributed by atoms with Crippen LogP contribution in [0.1, 0.15) is 53.9 Å². The molecule has 0 unspecified atom stereocenters. The van der Waals surface area contributed by atoms with Crippen molar-refractivity contribution < 1.29 is 9.32 Å². The predicted octanol–water partition coefficient (Wildman–Crippen LogP) is 4.27. The molecule has 27 heavy (non-hydrogen) atoms. The molecule has 0 aliphatic carbocycles. The van der Waals surface area contributed by atoms with E-state index in [2.05, 4.69) is 15.4 Å². The number of rotatable bonds is 8. The summed E-state index contributed by atoms with van der Waals surface area (Å²) < 4.78 is 5.26.